The number of aromatic nitrogens is 2. The van der Waals surface area contributed by atoms with Crippen LogP contribution in [0.1, 0.15) is 58.5 Å². The van der Waals surface area contributed by atoms with Gasteiger partial charge >= 0.3 is 0 Å². The lowest BCUT2D eigenvalue weighted by atomic mass is 10.0. The Morgan fingerprint density at radius 1 is 0.906 bits per heavy atom. The first kappa shape index (κ1) is 25.9. The van der Waals surface area contributed by atoms with Crippen LogP contribution in [0.4, 0.5) is 0 Å². The largest absolute Gasteiger partial charge is 0.453 e. The molecule has 0 aliphatic carbocycles. The van der Waals surface area contributed by atoms with E-state index >= 15 is 0 Å². The van der Waals surface area contributed by atoms with Crippen molar-refractivity contribution in [1.82, 2.24) is 10.2 Å². The van der Waals surface area contributed by atoms with Gasteiger partial charge in [-0.25, -0.2) is 16.8 Å². The van der Waals surface area contributed by atoms with Gasteiger partial charge in [0, 0.05) is 0 Å². The minimum absolute atomic E-state index is 0.0486. The van der Waals surface area contributed by atoms with E-state index in [1.54, 1.807) is 24.3 Å². The quantitative estimate of drug-likeness (QED) is 0.603. The van der Waals surface area contributed by atoms with Gasteiger partial charge in [0.2, 0.25) is 0 Å². The Labute approximate surface area is 190 Å². The van der Waals surface area contributed by atoms with Crippen molar-refractivity contribution in [3.8, 4) is 17.6 Å². The summed E-state index contributed by atoms with van der Waals surface area (Å²) in [5.74, 6) is -0.416. The molecule has 1 aromatic heterocycles. The number of nitrogens with zero attached hydrogens (tertiary/aromatic N) is 2. The van der Waals surface area contributed by atoms with Crippen molar-refractivity contribution in [2.75, 3.05) is 11.5 Å². The zero-order chi connectivity index (χ0) is 24.4. The zero-order valence-electron chi connectivity index (χ0n) is 19.4. The lowest BCUT2D eigenvalue weighted by Crippen LogP contribution is -2.22. The van der Waals surface area contributed by atoms with Crippen LogP contribution in [-0.4, -0.2) is 38.5 Å². The van der Waals surface area contributed by atoms with Gasteiger partial charge in [-0.15, -0.1) is 0 Å². The maximum Gasteiger partial charge on any atom is 0.173 e. The topological polar surface area (TPSA) is 130 Å². The normalized spacial score (nSPS) is 13.0. The highest BCUT2D eigenvalue weighted by molar-refractivity contribution is 7.90. The summed E-state index contributed by atoms with van der Waals surface area (Å²) in [6, 6.07) is 8.25. The summed E-state index contributed by atoms with van der Waals surface area (Å²) >= 11 is 0. The molecule has 0 saturated carbocycles. The van der Waals surface area contributed by atoms with Crippen LogP contribution in [0.3, 0.4) is 0 Å². The van der Waals surface area contributed by atoms with Crippen LogP contribution in [0, 0.1) is 22.2 Å². The summed E-state index contributed by atoms with van der Waals surface area (Å²) < 4.78 is 56.8. The Balaban J connectivity index is 2.44. The van der Waals surface area contributed by atoms with Crippen LogP contribution < -0.4 is 4.74 Å². The monoisotopic (exact) mass is 481 g/mol. The molecular weight excluding hydrogens is 450 g/mol. The second kappa shape index (κ2) is 9.24. The number of aromatic amines is 1. The number of ether oxygens (including phenoxy) is 1. The predicted octanol–water partition coefficient (Wildman–Crippen LogP) is 4.00. The van der Waals surface area contributed by atoms with Gasteiger partial charge in [0.1, 0.15) is 11.4 Å². The lowest BCUT2D eigenvalue weighted by molar-refractivity contribution is 0.458. The van der Waals surface area contributed by atoms with Gasteiger partial charge < -0.3 is 4.74 Å². The second-order valence-corrected chi connectivity index (χ2v) is 14.5. The van der Waals surface area contributed by atoms with E-state index in [0.29, 0.717) is 11.3 Å². The Morgan fingerprint density at radius 3 is 1.88 bits per heavy atom. The Morgan fingerprint density at radius 2 is 1.41 bits per heavy atom. The maximum absolute atomic E-state index is 12.7. The maximum atomic E-state index is 12.7. The summed E-state index contributed by atoms with van der Waals surface area (Å²) in [5.41, 5.74) is -0.127. The summed E-state index contributed by atoms with van der Waals surface area (Å²) in [6.07, 6.45) is 0. The third-order valence-electron chi connectivity index (χ3n) is 4.09. The molecule has 1 heterocycles. The Bertz CT molecular complexity index is 1130. The molecule has 0 fully saturated rings. The van der Waals surface area contributed by atoms with Gasteiger partial charge in [0.25, 0.3) is 0 Å². The molecular formula is C22H31N3O5S2. The van der Waals surface area contributed by atoms with E-state index in [4.69, 9.17) is 10.00 Å². The summed E-state index contributed by atoms with van der Waals surface area (Å²) in [6.45, 7) is 11.0. The molecule has 10 heteroatoms. The highest BCUT2D eigenvalue weighted by Gasteiger charge is 2.29. The minimum atomic E-state index is -3.53. The fourth-order valence-electron chi connectivity index (χ4n) is 3.29. The molecule has 1 aromatic carbocycles. The summed E-state index contributed by atoms with van der Waals surface area (Å²) in [5, 5.41) is 15.7. The van der Waals surface area contributed by atoms with Gasteiger partial charge in [-0.05, 0) is 35.1 Å². The van der Waals surface area contributed by atoms with Gasteiger partial charge in [-0.1, -0.05) is 41.5 Å². The number of nitrogens with one attached hydrogen (secondary N) is 1. The van der Waals surface area contributed by atoms with Crippen LogP contribution >= 0.6 is 0 Å². The third kappa shape index (κ3) is 8.28. The van der Waals surface area contributed by atoms with E-state index in [0.717, 1.165) is 0 Å². The van der Waals surface area contributed by atoms with Crippen LogP contribution in [0.25, 0.3) is 0 Å². The minimum Gasteiger partial charge on any atom is -0.453 e. The van der Waals surface area contributed by atoms with Crippen LogP contribution in [0.2, 0.25) is 0 Å². The third-order valence-corrected chi connectivity index (χ3v) is 8.15. The van der Waals surface area contributed by atoms with Gasteiger partial charge in [0.15, 0.2) is 25.4 Å². The van der Waals surface area contributed by atoms with Crippen molar-refractivity contribution in [2.24, 2.45) is 10.8 Å². The molecule has 0 spiro atoms. The molecule has 2 aromatic rings. The molecule has 0 amide bonds. The number of hydrogen-bond acceptors (Lipinski definition) is 7. The molecule has 8 nitrogen and oxygen atoms in total. The van der Waals surface area contributed by atoms with E-state index < -0.39 is 30.5 Å². The van der Waals surface area contributed by atoms with Gasteiger partial charge in [-0.2, -0.15) is 10.4 Å². The lowest BCUT2D eigenvalue weighted by Gasteiger charge is -2.18. The molecule has 1 N–H and O–H groups in total. The van der Waals surface area contributed by atoms with Crippen molar-refractivity contribution in [1.29, 1.82) is 5.26 Å². The molecule has 32 heavy (non-hydrogen) atoms. The molecule has 0 atom stereocenters. The highest BCUT2D eigenvalue weighted by Crippen LogP contribution is 2.32. The molecule has 0 radical (unpaired) electrons. The van der Waals surface area contributed by atoms with Crippen molar-refractivity contribution in [2.45, 2.75) is 53.0 Å². The fourth-order valence-corrected chi connectivity index (χ4v) is 7.38. The van der Waals surface area contributed by atoms with E-state index in [2.05, 4.69) is 10.2 Å². The highest BCUT2D eigenvalue weighted by atomic mass is 32.2. The first-order valence-corrected chi connectivity index (χ1v) is 13.8. The molecule has 2 rings (SSSR count). The van der Waals surface area contributed by atoms with Crippen molar-refractivity contribution in [3.63, 3.8) is 0 Å². The molecule has 0 aliphatic heterocycles. The molecule has 0 bridgehead atoms. The number of hydrogen-bond donors (Lipinski definition) is 1. The SMILES string of the molecule is CC(C)(C)CS(=O)(=O)Cc1n[nH]c(CS(=O)(=O)CC(C)(C)C)c1Oc1ccc(C#N)cc1. The number of nitriles is 1. The van der Waals surface area contributed by atoms with Crippen LogP contribution in [-0.2, 0) is 31.2 Å². The molecule has 0 aliphatic rings. The van der Waals surface area contributed by atoms with E-state index in [1.807, 2.05) is 47.6 Å². The first-order valence-electron chi connectivity index (χ1n) is 10.1. The molecule has 0 unspecified atom stereocenters. The predicted molar refractivity (Wildman–Crippen MR) is 124 cm³/mol. The average Bonchev–Trinajstić information content (AvgIpc) is 2.91. The number of H-pyrrole nitrogens is 1. The van der Waals surface area contributed by atoms with Crippen molar-refractivity contribution >= 4 is 19.7 Å². The standard InChI is InChI=1S/C22H31N3O5S2/c1-21(2,3)14-31(26,27)12-18-20(30-17-9-7-16(11-23)8-10-17)19(25-24-18)13-32(28,29)15-22(4,5)6/h7-10H,12-15H2,1-6H3,(H,24,25). The smallest absolute Gasteiger partial charge is 0.173 e. The Hall–Kier alpha value is -2.38. The molecule has 176 valence electrons. The van der Waals surface area contributed by atoms with E-state index in [1.165, 1.54) is 0 Å². The Kier molecular flexibility index (Phi) is 7.47. The molecule has 0 saturated heterocycles. The summed E-state index contributed by atoms with van der Waals surface area (Å²) in [4.78, 5) is 0. The van der Waals surface area contributed by atoms with Crippen LogP contribution in [0.15, 0.2) is 24.3 Å². The number of rotatable bonds is 8. The fraction of sp³-hybridized carbons (Fsp3) is 0.545. The van der Waals surface area contributed by atoms with Crippen molar-refractivity contribution < 1.29 is 21.6 Å². The zero-order valence-corrected chi connectivity index (χ0v) is 21.0. The number of sulfone groups is 2. The van der Waals surface area contributed by atoms with Gasteiger partial charge in [-0.3, -0.25) is 5.10 Å². The van der Waals surface area contributed by atoms with Crippen LogP contribution in [0.5, 0.6) is 11.5 Å². The van der Waals surface area contributed by atoms with E-state index in [9.17, 15) is 16.8 Å². The first-order chi connectivity index (χ1) is 14.5. The number of benzene rings is 1. The second-order valence-electron chi connectivity index (χ2n) is 10.4. The van der Waals surface area contributed by atoms with Gasteiger partial charge in [0.05, 0.1) is 40.3 Å². The summed E-state index contributed by atoms with van der Waals surface area (Å²) in [7, 11) is -7.05. The average molecular weight is 482 g/mol. The van der Waals surface area contributed by atoms with E-state index in [-0.39, 0.29) is 40.1 Å². The van der Waals surface area contributed by atoms with Crippen molar-refractivity contribution in [3.05, 3.63) is 41.2 Å².